The summed E-state index contributed by atoms with van der Waals surface area (Å²) in [4.78, 5) is 24.0. The van der Waals surface area contributed by atoms with Crippen molar-refractivity contribution in [2.75, 3.05) is 5.32 Å². The van der Waals surface area contributed by atoms with Gasteiger partial charge in [-0.05, 0) is 37.0 Å². The molecule has 6 heteroatoms. The number of fused-ring (bicyclic) bond motifs is 1. The van der Waals surface area contributed by atoms with Crippen molar-refractivity contribution in [2.45, 2.75) is 38.6 Å². The third kappa shape index (κ3) is 3.10. The normalized spacial score (nSPS) is 21.5. The van der Waals surface area contributed by atoms with Gasteiger partial charge in [0, 0.05) is 17.1 Å². The van der Waals surface area contributed by atoms with Crippen LogP contribution >= 0.6 is 0 Å². The first-order chi connectivity index (χ1) is 10.6. The number of H-pyrrole nitrogens is 1. The van der Waals surface area contributed by atoms with Crippen molar-refractivity contribution in [1.82, 2.24) is 15.5 Å². The lowest BCUT2D eigenvalue weighted by Crippen LogP contribution is -2.45. The smallest absolute Gasteiger partial charge is 0.313 e. The van der Waals surface area contributed by atoms with Crippen molar-refractivity contribution in [3.05, 3.63) is 24.4 Å². The lowest BCUT2D eigenvalue weighted by atomic mass is 9.86. The van der Waals surface area contributed by atoms with Crippen LogP contribution in [-0.4, -0.2) is 28.1 Å². The zero-order valence-electron chi connectivity index (χ0n) is 12.6. The molecule has 3 rings (SSSR count). The van der Waals surface area contributed by atoms with Crippen molar-refractivity contribution >= 4 is 28.4 Å². The first kappa shape index (κ1) is 14.6. The van der Waals surface area contributed by atoms with E-state index in [1.165, 1.54) is 6.42 Å². The molecule has 1 aromatic heterocycles. The molecule has 1 heterocycles. The van der Waals surface area contributed by atoms with E-state index >= 15 is 0 Å². The fourth-order valence-corrected chi connectivity index (χ4v) is 2.97. The van der Waals surface area contributed by atoms with Crippen LogP contribution in [-0.2, 0) is 9.59 Å². The monoisotopic (exact) mass is 300 g/mol. The van der Waals surface area contributed by atoms with Gasteiger partial charge in [-0.1, -0.05) is 19.8 Å². The van der Waals surface area contributed by atoms with Gasteiger partial charge in [0.25, 0.3) is 0 Å². The Labute approximate surface area is 128 Å². The van der Waals surface area contributed by atoms with Crippen LogP contribution < -0.4 is 10.6 Å². The first-order valence-electron chi connectivity index (χ1n) is 7.68. The molecule has 1 saturated carbocycles. The maximum absolute atomic E-state index is 12.0. The van der Waals surface area contributed by atoms with Crippen LogP contribution in [0, 0.1) is 5.92 Å². The topological polar surface area (TPSA) is 86.9 Å². The second kappa shape index (κ2) is 6.17. The van der Waals surface area contributed by atoms with E-state index < -0.39 is 11.8 Å². The first-order valence-corrected chi connectivity index (χ1v) is 7.68. The highest BCUT2D eigenvalue weighted by atomic mass is 16.2. The second-order valence-corrected chi connectivity index (χ2v) is 5.97. The van der Waals surface area contributed by atoms with Crippen LogP contribution in [0.25, 0.3) is 10.9 Å². The summed E-state index contributed by atoms with van der Waals surface area (Å²) in [6, 6.07) is 5.46. The predicted octanol–water partition coefficient (Wildman–Crippen LogP) is 2.20. The summed E-state index contributed by atoms with van der Waals surface area (Å²) in [5.74, 6) is -0.771. The minimum atomic E-state index is -0.628. The molecule has 0 saturated heterocycles. The number of nitrogens with zero attached hydrogens (tertiary/aromatic N) is 1. The molecule has 2 atom stereocenters. The van der Waals surface area contributed by atoms with E-state index in [0.717, 1.165) is 30.2 Å². The minimum Gasteiger partial charge on any atom is -0.345 e. The van der Waals surface area contributed by atoms with Crippen LogP contribution in [0.15, 0.2) is 24.4 Å². The van der Waals surface area contributed by atoms with Crippen molar-refractivity contribution in [3.8, 4) is 0 Å². The summed E-state index contributed by atoms with van der Waals surface area (Å²) in [5.41, 5.74) is 1.40. The molecular formula is C16H20N4O2. The Hall–Kier alpha value is -2.37. The summed E-state index contributed by atoms with van der Waals surface area (Å²) in [6.45, 7) is 2.12. The highest BCUT2D eigenvalue weighted by Gasteiger charge is 2.25. The average Bonchev–Trinajstić information content (AvgIpc) is 2.97. The molecule has 0 aliphatic heterocycles. The zero-order valence-corrected chi connectivity index (χ0v) is 12.6. The molecule has 0 bridgehead atoms. The third-order valence-corrected chi connectivity index (χ3v) is 4.33. The average molecular weight is 300 g/mol. The SMILES string of the molecule is CC1CCCCC1NC(=O)C(=O)Nc1ccc2cn[nH]c2c1. The molecular weight excluding hydrogens is 280 g/mol. The number of rotatable bonds is 2. The summed E-state index contributed by atoms with van der Waals surface area (Å²) in [6.07, 6.45) is 6.05. The van der Waals surface area contributed by atoms with Gasteiger partial charge in [-0.2, -0.15) is 5.10 Å². The Kier molecular flexibility index (Phi) is 4.09. The number of amides is 2. The van der Waals surface area contributed by atoms with Crippen LogP contribution in [0.5, 0.6) is 0 Å². The van der Waals surface area contributed by atoms with Crippen LogP contribution in [0.3, 0.4) is 0 Å². The Morgan fingerprint density at radius 2 is 2.05 bits per heavy atom. The Bertz CT molecular complexity index is 694. The van der Waals surface area contributed by atoms with Gasteiger partial charge >= 0.3 is 11.8 Å². The number of benzene rings is 1. The third-order valence-electron chi connectivity index (χ3n) is 4.33. The Balaban J connectivity index is 1.61. The molecule has 116 valence electrons. The Morgan fingerprint density at radius 3 is 2.86 bits per heavy atom. The standard InChI is InChI=1S/C16H20N4O2/c1-10-4-2-3-5-13(10)19-16(22)15(21)18-12-7-6-11-9-17-20-14(11)8-12/h6-10,13H,2-5H2,1H3,(H,17,20)(H,18,21)(H,19,22). The molecule has 2 aromatic rings. The maximum Gasteiger partial charge on any atom is 0.313 e. The predicted molar refractivity (Wildman–Crippen MR) is 84.3 cm³/mol. The Morgan fingerprint density at radius 1 is 1.23 bits per heavy atom. The fourth-order valence-electron chi connectivity index (χ4n) is 2.97. The van der Waals surface area contributed by atoms with Gasteiger partial charge in [-0.15, -0.1) is 0 Å². The molecule has 1 aliphatic carbocycles. The maximum atomic E-state index is 12.0. The van der Waals surface area contributed by atoms with Crippen molar-refractivity contribution in [1.29, 1.82) is 0 Å². The molecule has 0 spiro atoms. The van der Waals surface area contributed by atoms with E-state index in [4.69, 9.17) is 0 Å². The van der Waals surface area contributed by atoms with E-state index in [-0.39, 0.29) is 6.04 Å². The molecule has 1 aliphatic rings. The highest BCUT2D eigenvalue weighted by molar-refractivity contribution is 6.39. The number of aromatic nitrogens is 2. The van der Waals surface area contributed by atoms with E-state index in [9.17, 15) is 9.59 Å². The van der Waals surface area contributed by atoms with E-state index in [1.807, 2.05) is 6.07 Å². The molecule has 0 radical (unpaired) electrons. The fraction of sp³-hybridized carbons (Fsp3) is 0.438. The molecule has 22 heavy (non-hydrogen) atoms. The molecule has 6 nitrogen and oxygen atoms in total. The number of hydrogen-bond donors (Lipinski definition) is 3. The van der Waals surface area contributed by atoms with E-state index in [2.05, 4.69) is 27.8 Å². The summed E-state index contributed by atoms with van der Waals surface area (Å²) in [5, 5.41) is 13.2. The molecule has 1 fully saturated rings. The van der Waals surface area contributed by atoms with Crippen LogP contribution in [0.2, 0.25) is 0 Å². The van der Waals surface area contributed by atoms with Crippen LogP contribution in [0.4, 0.5) is 5.69 Å². The highest BCUT2D eigenvalue weighted by Crippen LogP contribution is 2.23. The van der Waals surface area contributed by atoms with Crippen molar-refractivity contribution < 1.29 is 9.59 Å². The van der Waals surface area contributed by atoms with Gasteiger partial charge in [0.2, 0.25) is 0 Å². The largest absolute Gasteiger partial charge is 0.345 e. The molecule has 3 N–H and O–H groups in total. The quantitative estimate of drug-likeness (QED) is 0.743. The number of aromatic amines is 1. The number of anilines is 1. The molecule has 2 unspecified atom stereocenters. The summed E-state index contributed by atoms with van der Waals surface area (Å²) in [7, 11) is 0. The minimum absolute atomic E-state index is 0.0992. The van der Waals surface area contributed by atoms with E-state index in [0.29, 0.717) is 11.6 Å². The van der Waals surface area contributed by atoms with Crippen molar-refractivity contribution in [2.24, 2.45) is 5.92 Å². The van der Waals surface area contributed by atoms with Gasteiger partial charge in [0.05, 0.1) is 11.7 Å². The van der Waals surface area contributed by atoms with Gasteiger partial charge in [0.15, 0.2) is 0 Å². The van der Waals surface area contributed by atoms with E-state index in [1.54, 1.807) is 18.3 Å². The lowest BCUT2D eigenvalue weighted by Gasteiger charge is -2.29. The summed E-state index contributed by atoms with van der Waals surface area (Å²) >= 11 is 0. The number of carbonyl (C=O) groups is 2. The molecule has 2 amide bonds. The molecule has 1 aromatic carbocycles. The van der Waals surface area contributed by atoms with Gasteiger partial charge < -0.3 is 10.6 Å². The number of hydrogen-bond acceptors (Lipinski definition) is 3. The lowest BCUT2D eigenvalue weighted by molar-refractivity contribution is -0.137. The summed E-state index contributed by atoms with van der Waals surface area (Å²) < 4.78 is 0. The zero-order chi connectivity index (χ0) is 15.5. The second-order valence-electron chi connectivity index (χ2n) is 5.97. The van der Waals surface area contributed by atoms with Gasteiger partial charge in [-0.3, -0.25) is 14.7 Å². The van der Waals surface area contributed by atoms with Gasteiger partial charge in [0.1, 0.15) is 0 Å². The van der Waals surface area contributed by atoms with Crippen LogP contribution in [0.1, 0.15) is 32.6 Å². The van der Waals surface area contributed by atoms with Crippen molar-refractivity contribution in [3.63, 3.8) is 0 Å². The van der Waals surface area contributed by atoms with Gasteiger partial charge in [-0.25, -0.2) is 0 Å². The number of nitrogens with one attached hydrogen (secondary N) is 3. The number of carbonyl (C=O) groups excluding carboxylic acids is 2.